The quantitative estimate of drug-likeness (QED) is 0.469. The number of rotatable bonds is 6. The van der Waals surface area contributed by atoms with Gasteiger partial charge in [-0.05, 0) is 77.0 Å². The number of likely N-dealkylation sites (tertiary alicyclic amines) is 1. The van der Waals surface area contributed by atoms with Crippen molar-refractivity contribution in [1.29, 1.82) is 0 Å². The molecule has 0 saturated carbocycles. The van der Waals surface area contributed by atoms with E-state index in [1.807, 2.05) is 58.9 Å². The van der Waals surface area contributed by atoms with Gasteiger partial charge in [-0.15, -0.1) is 0 Å². The molecule has 1 aromatic heterocycles. The maximum atomic E-state index is 12.8. The number of fused-ring (bicyclic) bond motifs is 1. The third kappa shape index (κ3) is 6.56. The minimum atomic E-state index is -0.779. The molecule has 0 aliphatic carbocycles. The van der Waals surface area contributed by atoms with Crippen LogP contribution in [0, 0.1) is 11.8 Å². The molecular weight excluding hydrogens is 488 g/mol. The average Bonchev–Trinajstić information content (AvgIpc) is 3.16. The van der Waals surface area contributed by atoms with Crippen LogP contribution in [0.1, 0.15) is 65.5 Å². The Bertz CT molecular complexity index is 1160. The van der Waals surface area contributed by atoms with Crippen molar-refractivity contribution in [2.75, 3.05) is 27.3 Å². The van der Waals surface area contributed by atoms with Crippen molar-refractivity contribution in [3.63, 3.8) is 0 Å². The molecule has 0 radical (unpaired) electrons. The predicted molar refractivity (Wildman–Crippen MR) is 142 cm³/mol. The van der Waals surface area contributed by atoms with Gasteiger partial charge in [0.2, 0.25) is 0 Å². The number of carbonyl (C=O) groups excluding carboxylic acids is 2. The van der Waals surface area contributed by atoms with Gasteiger partial charge in [-0.2, -0.15) is 0 Å². The van der Waals surface area contributed by atoms with Crippen LogP contribution in [0.3, 0.4) is 0 Å². The second-order valence-corrected chi connectivity index (χ2v) is 11.6. The summed E-state index contributed by atoms with van der Waals surface area (Å²) in [6, 6.07) is 7.96. The number of hydrogen-bond acceptors (Lipinski definition) is 8. The SMILES string of the molecule is COC(=O)C[C@H]1CN(C(=O)OC(C)(C)C)CC[C@H]1C[C@H]1OC(C)(C)O[C@@H]1c1cccc2ncc(OC)cc12. The molecule has 4 rings (SSSR count). The molecule has 9 nitrogen and oxygen atoms in total. The lowest BCUT2D eigenvalue weighted by molar-refractivity contribution is -0.150. The van der Waals surface area contributed by atoms with E-state index >= 15 is 0 Å². The first-order valence-electron chi connectivity index (χ1n) is 13.2. The van der Waals surface area contributed by atoms with Gasteiger partial charge < -0.3 is 28.6 Å². The van der Waals surface area contributed by atoms with Crippen molar-refractivity contribution < 1.29 is 33.3 Å². The minimum absolute atomic E-state index is 0.0917. The minimum Gasteiger partial charge on any atom is -0.495 e. The molecule has 2 aliphatic rings. The van der Waals surface area contributed by atoms with Gasteiger partial charge in [0.05, 0.1) is 38.5 Å². The lowest BCUT2D eigenvalue weighted by Crippen LogP contribution is -2.47. The highest BCUT2D eigenvalue weighted by Gasteiger charge is 2.45. The summed E-state index contributed by atoms with van der Waals surface area (Å²) in [6.07, 6.45) is 2.38. The summed E-state index contributed by atoms with van der Waals surface area (Å²) < 4.78 is 28.9. The molecule has 1 aromatic carbocycles. The van der Waals surface area contributed by atoms with Crippen molar-refractivity contribution in [3.05, 3.63) is 36.0 Å². The number of amides is 1. The lowest BCUT2D eigenvalue weighted by atomic mass is 9.78. The van der Waals surface area contributed by atoms with Crippen molar-refractivity contribution in [2.45, 2.75) is 77.5 Å². The summed E-state index contributed by atoms with van der Waals surface area (Å²) in [7, 11) is 3.01. The highest BCUT2D eigenvalue weighted by Crippen LogP contribution is 2.45. The molecule has 38 heavy (non-hydrogen) atoms. The van der Waals surface area contributed by atoms with E-state index in [-0.39, 0.29) is 42.5 Å². The Labute approximate surface area is 224 Å². The number of carbonyl (C=O) groups is 2. The first kappa shape index (κ1) is 28.1. The summed E-state index contributed by atoms with van der Waals surface area (Å²) in [4.78, 5) is 31.4. The van der Waals surface area contributed by atoms with Crippen LogP contribution >= 0.6 is 0 Å². The largest absolute Gasteiger partial charge is 0.495 e. The van der Waals surface area contributed by atoms with Gasteiger partial charge in [0.1, 0.15) is 17.5 Å². The van der Waals surface area contributed by atoms with Crippen LogP contribution < -0.4 is 4.74 Å². The van der Waals surface area contributed by atoms with E-state index in [1.165, 1.54) is 7.11 Å². The molecule has 2 aliphatic heterocycles. The fraction of sp³-hybridized carbons (Fsp3) is 0.621. The number of methoxy groups -OCH3 is 2. The van der Waals surface area contributed by atoms with Gasteiger partial charge in [-0.25, -0.2) is 4.79 Å². The molecule has 3 heterocycles. The lowest BCUT2D eigenvalue weighted by Gasteiger charge is -2.39. The van der Waals surface area contributed by atoms with E-state index in [1.54, 1.807) is 18.2 Å². The van der Waals surface area contributed by atoms with Crippen LogP contribution in [-0.2, 0) is 23.7 Å². The van der Waals surface area contributed by atoms with Crippen molar-refractivity contribution in [1.82, 2.24) is 9.88 Å². The third-order valence-electron chi connectivity index (χ3n) is 7.19. The first-order valence-corrected chi connectivity index (χ1v) is 13.2. The maximum Gasteiger partial charge on any atom is 0.410 e. The molecule has 2 saturated heterocycles. The van der Waals surface area contributed by atoms with E-state index in [0.717, 1.165) is 22.9 Å². The number of nitrogens with zero attached hydrogens (tertiary/aromatic N) is 2. The molecule has 9 heteroatoms. The third-order valence-corrected chi connectivity index (χ3v) is 7.19. The second kappa shape index (κ2) is 11.1. The van der Waals surface area contributed by atoms with Crippen LogP contribution in [0.4, 0.5) is 4.79 Å². The Morgan fingerprint density at radius 1 is 1.16 bits per heavy atom. The highest BCUT2D eigenvalue weighted by atomic mass is 16.8. The summed E-state index contributed by atoms with van der Waals surface area (Å²) >= 11 is 0. The summed E-state index contributed by atoms with van der Waals surface area (Å²) in [5.41, 5.74) is 1.25. The normalized spacial score (nSPS) is 25.3. The average molecular weight is 529 g/mol. The maximum absolute atomic E-state index is 12.8. The van der Waals surface area contributed by atoms with Gasteiger partial charge in [0.25, 0.3) is 0 Å². The Balaban J connectivity index is 1.59. The molecule has 0 bridgehead atoms. The fourth-order valence-corrected chi connectivity index (χ4v) is 5.49. The second-order valence-electron chi connectivity index (χ2n) is 11.6. The Hall–Kier alpha value is -2.91. The molecule has 2 fully saturated rings. The van der Waals surface area contributed by atoms with Crippen LogP contribution in [0.25, 0.3) is 10.9 Å². The Kier molecular flexibility index (Phi) is 8.18. The summed E-state index contributed by atoms with van der Waals surface area (Å²) in [5.74, 6) is -0.365. The van der Waals surface area contributed by atoms with Crippen LogP contribution in [-0.4, -0.2) is 66.7 Å². The monoisotopic (exact) mass is 528 g/mol. The van der Waals surface area contributed by atoms with E-state index in [2.05, 4.69) is 4.98 Å². The standard InChI is InChI=1S/C29H40N2O7/c1-28(2,3)38-27(33)31-12-11-18(19(17-31)14-25(32)35-7)13-24-26(37-29(4,5)36-24)21-9-8-10-23-22(21)15-20(34-6)16-30-23/h8-10,15-16,18-19,24,26H,11-14,17H2,1-7H3/t18-,19-,24+,26+/m0/s1. The van der Waals surface area contributed by atoms with Gasteiger partial charge in [0.15, 0.2) is 5.79 Å². The van der Waals surface area contributed by atoms with Gasteiger partial charge >= 0.3 is 12.1 Å². The fourth-order valence-electron chi connectivity index (χ4n) is 5.49. The zero-order chi connectivity index (χ0) is 27.7. The number of piperidine rings is 1. The van der Waals surface area contributed by atoms with E-state index in [0.29, 0.717) is 25.3 Å². The molecule has 4 atom stereocenters. The summed E-state index contributed by atoms with van der Waals surface area (Å²) in [6.45, 7) is 10.4. The predicted octanol–water partition coefficient (Wildman–Crippen LogP) is 5.26. The zero-order valence-corrected chi connectivity index (χ0v) is 23.5. The molecule has 0 N–H and O–H groups in total. The van der Waals surface area contributed by atoms with Crippen molar-refractivity contribution in [3.8, 4) is 5.75 Å². The van der Waals surface area contributed by atoms with E-state index in [4.69, 9.17) is 23.7 Å². The smallest absolute Gasteiger partial charge is 0.410 e. The van der Waals surface area contributed by atoms with Crippen molar-refractivity contribution in [2.24, 2.45) is 11.8 Å². The molecule has 1 amide bonds. The molecule has 0 spiro atoms. The highest BCUT2D eigenvalue weighted by molar-refractivity contribution is 5.83. The topological polar surface area (TPSA) is 96.4 Å². The summed E-state index contributed by atoms with van der Waals surface area (Å²) in [5, 5.41) is 0.953. The van der Waals surface area contributed by atoms with Crippen LogP contribution in [0.2, 0.25) is 0 Å². The molecule has 2 aromatic rings. The number of ether oxygens (including phenoxy) is 5. The Morgan fingerprint density at radius 3 is 2.61 bits per heavy atom. The first-order chi connectivity index (χ1) is 17.9. The molecular formula is C29H40N2O7. The number of aromatic nitrogens is 1. The van der Waals surface area contributed by atoms with Crippen molar-refractivity contribution >= 4 is 23.0 Å². The Morgan fingerprint density at radius 2 is 1.92 bits per heavy atom. The van der Waals surface area contributed by atoms with Crippen LogP contribution in [0.15, 0.2) is 30.5 Å². The van der Waals surface area contributed by atoms with Gasteiger partial charge in [-0.1, -0.05) is 12.1 Å². The molecule has 0 unspecified atom stereocenters. The number of hydrogen-bond donors (Lipinski definition) is 0. The zero-order valence-electron chi connectivity index (χ0n) is 23.5. The van der Waals surface area contributed by atoms with Crippen LogP contribution in [0.5, 0.6) is 5.75 Å². The number of pyridine rings is 1. The van der Waals surface area contributed by atoms with Gasteiger partial charge in [-0.3, -0.25) is 9.78 Å². The van der Waals surface area contributed by atoms with Gasteiger partial charge in [0, 0.05) is 18.5 Å². The number of benzene rings is 1. The van der Waals surface area contributed by atoms with E-state index < -0.39 is 11.4 Å². The van der Waals surface area contributed by atoms with E-state index in [9.17, 15) is 9.59 Å². The molecule has 208 valence electrons. The number of esters is 1.